The maximum absolute atomic E-state index is 12.6. The Hall–Kier alpha value is -2.78. The molecular weight excluding hydrogens is 412 g/mol. The second-order valence-electron chi connectivity index (χ2n) is 6.25. The van der Waals surface area contributed by atoms with E-state index in [1.54, 1.807) is 43.5 Å². The van der Waals surface area contributed by atoms with Crippen LogP contribution in [0.1, 0.15) is 11.1 Å². The molecule has 0 bridgehead atoms. The summed E-state index contributed by atoms with van der Waals surface area (Å²) in [5.41, 5.74) is 1.66. The van der Waals surface area contributed by atoms with Crippen molar-refractivity contribution in [2.45, 2.75) is 11.8 Å². The van der Waals surface area contributed by atoms with E-state index in [0.29, 0.717) is 16.4 Å². The zero-order chi connectivity index (χ0) is 21.2. The van der Waals surface area contributed by atoms with Crippen molar-refractivity contribution in [3.8, 4) is 11.5 Å². The zero-order valence-corrected chi connectivity index (χ0v) is 18.0. The molecule has 1 aliphatic rings. The number of rotatable bonds is 5. The number of thioether (sulfide) groups is 1. The van der Waals surface area contributed by atoms with Crippen LogP contribution in [0.5, 0.6) is 11.5 Å². The summed E-state index contributed by atoms with van der Waals surface area (Å²) in [7, 11) is 0.638. The van der Waals surface area contributed by atoms with Gasteiger partial charge in [-0.1, -0.05) is 23.8 Å². The lowest BCUT2D eigenvalue weighted by molar-refractivity contribution is -0.121. The minimum atomic E-state index is -3.92. The van der Waals surface area contributed by atoms with Crippen LogP contribution in [0.4, 0.5) is 0 Å². The molecule has 152 valence electrons. The molecule has 29 heavy (non-hydrogen) atoms. The molecule has 3 rings (SSSR count). The minimum absolute atomic E-state index is 0.0781. The first-order chi connectivity index (χ1) is 13.7. The Balaban J connectivity index is 1.92. The van der Waals surface area contributed by atoms with Crippen LogP contribution in [-0.4, -0.2) is 45.7 Å². The molecule has 0 atom stereocenters. The number of ether oxygens (including phenoxy) is 2. The topological polar surface area (TPSA) is 85.3 Å². The average molecular weight is 433 g/mol. The fourth-order valence-corrected chi connectivity index (χ4v) is 4.79. The fraction of sp³-hybridized carbons (Fsp3) is 0.200. The number of amidine groups is 1. The highest BCUT2D eigenvalue weighted by Crippen LogP contribution is 2.34. The van der Waals surface area contributed by atoms with E-state index >= 15 is 0 Å². The number of carbonyl (C=O) groups is 1. The van der Waals surface area contributed by atoms with Crippen molar-refractivity contribution in [1.82, 2.24) is 4.90 Å². The second kappa shape index (κ2) is 8.30. The molecule has 0 saturated carbocycles. The van der Waals surface area contributed by atoms with Crippen molar-refractivity contribution in [1.29, 1.82) is 0 Å². The summed E-state index contributed by atoms with van der Waals surface area (Å²) in [5.74, 6) is 0.771. The molecule has 2 aromatic rings. The van der Waals surface area contributed by atoms with E-state index in [4.69, 9.17) is 9.47 Å². The first kappa shape index (κ1) is 20.9. The monoisotopic (exact) mass is 432 g/mol. The molecule has 0 radical (unpaired) electrons. The molecule has 1 saturated heterocycles. The summed E-state index contributed by atoms with van der Waals surface area (Å²) in [4.78, 5) is 14.2. The van der Waals surface area contributed by atoms with E-state index < -0.39 is 10.0 Å². The van der Waals surface area contributed by atoms with Crippen molar-refractivity contribution in [3.05, 3.63) is 58.5 Å². The number of aryl methyl sites for hydroxylation is 1. The summed E-state index contributed by atoms with van der Waals surface area (Å²) in [5, 5.41) is 0.0994. The summed E-state index contributed by atoms with van der Waals surface area (Å²) in [6.07, 6.45) is 1.66. The van der Waals surface area contributed by atoms with Gasteiger partial charge >= 0.3 is 0 Å². The van der Waals surface area contributed by atoms with Crippen LogP contribution >= 0.6 is 11.8 Å². The predicted octanol–water partition coefficient (Wildman–Crippen LogP) is 3.30. The van der Waals surface area contributed by atoms with Gasteiger partial charge < -0.3 is 9.47 Å². The van der Waals surface area contributed by atoms with Gasteiger partial charge in [0.05, 0.1) is 24.0 Å². The van der Waals surface area contributed by atoms with Gasteiger partial charge in [0, 0.05) is 7.05 Å². The number of hydrogen-bond donors (Lipinski definition) is 0. The molecule has 0 unspecified atom stereocenters. The number of nitrogens with zero attached hydrogens (tertiary/aromatic N) is 2. The molecule has 0 aromatic heterocycles. The van der Waals surface area contributed by atoms with Crippen molar-refractivity contribution < 1.29 is 22.7 Å². The van der Waals surface area contributed by atoms with E-state index in [1.165, 1.54) is 31.2 Å². The van der Waals surface area contributed by atoms with Crippen LogP contribution in [0.3, 0.4) is 0 Å². The van der Waals surface area contributed by atoms with E-state index in [1.807, 2.05) is 6.92 Å². The molecule has 0 spiro atoms. The normalized spacial score (nSPS) is 17.2. The largest absolute Gasteiger partial charge is 0.493 e. The number of hydrogen-bond acceptors (Lipinski definition) is 6. The lowest BCUT2D eigenvalue weighted by atomic mass is 10.2. The molecule has 9 heteroatoms. The molecule has 2 aromatic carbocycles. The highest BCUT2D eigenvalue weighted by Gasteiger charge is 2.32. The van der Waals surface area contributed by atoms with E-state index in [9.17, 15) is 13.2 Å². The first-order valence-electron chi connectivity index (χ1n) is 8.56. The van der Waals surface area contributed by atoms with Gasteiger partial charge in [-0.15, -0.1) is 4.40 Å². The van der Waals surface area contributed by atoms with Crippen LogP contribution in [0.2, 0.25) is 0 Å². The third-order valence-corrected chi connectivity index (χ3v) is 6.68. The summed E-state index contributed by atoms with van der Waals surface area (Å²) < 4.78 is 39.5. The van der Waals surface area contributed by atoms with Crippen LogP contribution in [-0.2, 0) is 14.8 Å². The number of benzene rings is 2. The maximum Gasteiger partial charge on any atom is 0.284 e. The fourth-order valence-electron chi connectivity index (χ4n) is 2.59. The van der Waals surface area contributed by atoms with Crippen molar-refractivity contribution in [3.63, 3.8) is 0 Å². The van der Waals surface area contributed by atoms with Gasteiger partial charge in [-0.3, -0.25) is 9.69 Å². The van der Waals surface area contributed by atoms with Crippen LogP contribution in [0.15, 0.2) is 56.7 Å². The number of amides is 1. The highest BCUT2D eigenvalue weighted by atomic mass is 32.2. The van der Waals surface area contributed by atoms with Gasteiger partial charge in [0.2, 0.25) is 0 Å². The molecule has 7 nitrogen and oxygen atoms in total. The zero-order valence-electron chi connectivity index (χ0n) is 16.4. The van der Waals surface area contributed by atoms with Crippen LogP contribution in [0.25, 0.3) is 6.08 Å². The van der Waals surface area contributed by atoms with Crippen LogP contribution < -0.4 is 9.47 Å². The van der Waals surface area contributed by atoms with E-state index in [0.717, 1.165) is 22.9 Å². The quantitative estimate of drug-likeness (QED) is 0.674. The average Bonchev–Trinajstić information content (AvgIpc) is 2.95. The smallest absolute Gasteiger partial charge is 0.284 e. The van der Waals surface area contributed by atoms with Gasteiger partial charge in [-0.2, -0.15) is 8.42 Å². The van der Waals surface area contributed by atoms with Crippen molar-refractivity contribution >= 4 is 38.9 Å². The van der Waals surface area contributed by atoms with Gasteiger partial charge in [0.15, 0.2) is 16.7 Å². The van der Waals surface area contributed by atoms with E-state index in [2.05, 4.69) is 4.40 Å². The Morgan fingerprint density at radius 2 is 1.69 bits per heavy atom. The Labute approximate surface area is 174 Å². The Morgan fingerprint density at radius 1 is 1.03 bits per heavy atom. The molecule has 0 N–H and O–H groups in total. The molecule has 1 aliphatic heterocycles. The van der Waals surface area contributed by atoms with Gasteiger partial charge in [0.1, 0.15) is 0 Å². The summed E-state index contributed by atoms with van der Waals surface area (Å²) in [6.45, 7) is 1.87. The summed E-state index contributed by atoms with van der Waals surface area (Å²) in [6, 6.07) is 11.6. The Bertz CT molecular complexity index is 1110. The predicted molar refractivity (Wildman–Crippen MR) is 114 cm³/mol. The van der Waals surface area contributed by atoms with E-state index in [-0.39, 0.29) is 16.0 Å². The molecule has 1 amide bonds. The Morgan fingerprint density at radius 3 is 2.31 bits per heavy atom. The molecule has 1 fully saturated rings. The van der Waals surface area contributed by atoms with Gasteiger partial charge in [-0.25, -0.2) is 0 Å². The lowest BCUT2D eigenvalue weighted by Gasteiger charge is -2.08. The number of sulfonamides is 1. The third-order valence-electron chi connectivity index (χ3n) is 4.23. The third kappa shape index (κ3) is 4.46. The highest BCUT2D eigenvalue weighted by molar-refractivity contribution is 8.19. The van der Waals surface area contributed by atoms with Gasteiger partial charge in [0.25, 0.3) is 15.9 Å². The maximum atomic E-state index is 12.6. The minimum Gasteiger partial charge on any atom is -0.493 e. The molecule has 0 aliphatic carbocycles. The number of likely N-dealkylation sites (N-methyl/N-ethyl adjacent to an activating group) is 1. The Kier molecular flexibility index (Phi) is 5.99. The van der Waals surface area contributed by atoms with Crippen molar-refractivity contribution in [2.75, 3.05) is 21.3 Å². The number of carbonyl (C=O) groups excluding carboxylic acids is 1. The molecular formula is C20H20N2O5S2. The summed E-state index contributed by atoms with van der Waals surface area (Å²) >= 11 is 1.01. The first-order valence-corrected chi connectivity index (χ1v) is 10.8. The molecule has 1 heterocycles. The standard InChI is InChI=1S/C20H20N2O5S2/c1-13-5-8-15(9-6-13)29(24,25)21-20-22(2)19(23)18(28-20)12-14-7-10-16(26-3)17(11-14)27-4/h5-12H,1-4H3. The van der Waals surface area contributed by atoms with Crippen molar-refractivity contribution in [2.24, 2.45) is 4.40 Å². The van der Waals surface area contributed by atoms with Gasteiger partial charge in [-0.05, 0) is 54.6 Å². The lowest BCUT2D eigenvalue weighted by Crippen LogP contribution is -2.24. The van der Waals surface area contributed by atoms with Crippen LogP contribution in [0, 0.1) is 6.92 Å². The SMILES string of the molecule is COc1ccc(C=C2SC(=NS(=O)(=O)c3ccc(C)cc3)N(C)C2=O)cc1OC. The number of methoxy groups -OCH3 is 2. The second-order valence-corrected chi connectivity index (χ2v) is 8.86.